The number of carbonyl (C=O) groups is 2. The first kappa shape index (κ1) is 29.1. The number of carbonyl (C=O) groups excluding carboxylic acids is 2. The van der Waals surface area contributed by atoms with Gasteiger partial charge in [0.25, 0.3) is 0 Å². The molecule has 0 N–H and O–H groups in total. The summed E-state index contributed by atoms with van der Waals surface area (Å²) in [7, 11) is 3.08. The Hall–Kier alpha value is -4.40. The van der Waals surface area contributed by atoms with Gasteiger partial charge in [0, 0.05) is 29.3 Å². The zero-order valence-electron chi connectivity index (χ0n) is 23.4. The van der Waals surface area contributed by atoms with Gasteiger partial charge in [-0.2, -0.15) is 13.2 Å². The zero-order valence-corrected chi connectivity index (χ0v) is 23.4. The number of allylic oxidation sites excluding steroid dienone is 2. The maximum atomic E-state index is 13.8. The summed E-state index contributed by atoms with van der Waals surface area (Å²) in [6, 6.07) is 19.3. The molecule has 1 aliphatic carbocycles. The molecule has 0 amide bonds. The van der Waals surface area contributed by atoms with Crippen molar-refractivity contribution in [1.82, 2.24) is 0 Å². The van der Waals surface area contributed by atoms with Gasteiger partial charge in [0.15, 0.2) is 17.3 Å². The monoisotopic (exact) mass is 577 g/mol. The number of esters is 1. The molecule has 5 rings (SSSR count). The fourth-order valence-corrected chi connectivity index (χ4v) is 5.77. The number of hydrogen-bond acceptors (Lipinski definition) is 6. The average Bonchev–Trinajstić information content (AvgIpc) is 2.98. The summed E-state index contributed by atoms with van der Waals surface area (Å²) in [4.78, 5) is 32.1. The lowest BCUT2D eigenvalue weighted by Crippen LogP contribution is -2.38. The Bertz CT molecular complexity index is 1540. The van der Waals surface area contributed by atoms with Crippen molar-refractivity contribution in [2.24, 2.45) is 10.9 Å². The second-order valence-corrected chi connectivity index (χ2v) is 10.4. The van der Waals surface area contributed by atoms with Crippen LogP contribution in [0.3, 0.4) is 0 Å². The highest BCUT2D eigenvalue weighted by molar-refractivity contribution is 6.09. The normalized spacial score (nSPS) is 20.5. The first-order chi connectivity index (χ1) is 20.1. The van der Waals surface area contributed by atoms with Crippen LogP contribution < -0.4 is 9.47 Å². The molecule has 0 fully saturated rings. The van der Waals surface area contributed by atoms with E-state index < -0.39 is 29.5 Å². The van der Waals surface area contributed by atoms with Crippen molar-refractivity contribution in [1.29, 1.82) is 0 Å². The van der Waals surface area contributed by atoms with Crippen LogP contribution >= 0.6 is 0 Å². The Kier molecular flexibility index (Phi) is 8.20. The van der Waals surface area contributed by atoms with E-state index in [1.165, 1.54) is 19.2 Å². The van der Waals surface area contributed by atoms with Crippen molar-refractivity contribution >= 4 is 17.5 Å². The van der Waals surface area contributed by atoms with Crippen LogP contribution in [0.4, 0.5) is 13.2 Å². The van der Waals surface area contributed by atoms with E-state index in [9.17, 15) is 22.8 Å². The van der Waals surface area contributed by atoms with Gasteiger partial charge in [-0.1, -0.05) is 48.5 Å². The molecule has 3 atom stereocenters. The molecule has 0 radical (unpaired) electrons. The molecule has 42 heavy (non-hydrogen) atoms. The number of hydrogen-bond donors (Lipinski definition) is 0. The Morgan fingerprint density at radius 3 is 2.21 bits per heavy atom. The molecule has 1 aliphatic heterocycles. The maximum absolute atomic E-state index is 13.8. The molecule has 0 aromatic heterocycles. The first-order valence-corrected chi connectivity index (χ1v) is 13.5. The number of nitrogens with zero attached hydrogens (tertiary/aromatic N) is 1. The van der Waals surface area contributed by atoms with Crippen LogP contribution in [-0.2, 0) is 27.1 Å². The van der Waals surface area contributed by atoms with E-state index in [2.05, 4.69) is 0 Å². The minimum absolute atomic E-state index is 0.0183. The summed E-state index contributed by atoms with van der Waals surface area (Å²) in [5.74, 6) is -1.71. The van der Waals surface area contributed by atoms with E-state index in [0.29, 0.717) is 40.5 Å². The number of Topliss-reactive ketones (excluding diaryl/α,β-unsaturated/α-hetero) is 1. The quantitative estimate of drug-likeness (QED) is 0.282. The predicted molar refractivity (Wildman–Crippen MR) is 151 cm³/mol. The number of ketones is 1. The van der Waals surface area contributed by atoms with Gasteiger partial charge in [-0.05, 0) is 60.2 Å². The van der Waals surface area contributed by atoms with Gasteiger partial charge in [-0.15, -0.1) is 0 Å². The number of benzene rings is 3. The highest BCUT2D eigenvalue weighted by Crippen LogP contribution is 2.48. The number of alkyl halides is 3. The number of rotatable bonds is 7. The fourth-order valence-electron chi connectivity index (χ4n) is 5.77. The van der Waals surface area contributed by atoms with E-state index >= 15 is 0 Å². The molecule has 1 heterocycles. The molecule has 3 aromatic carbocycles. The summed E-state index contributed by atoms with van der Waals surface area (Å²) in [6.45, 7) is 1.71. The van der Waals surface area contributed by atoms with Crippen molar-refractivity contribution in [3.63, 3.8) is 0 Å². The van der Waals surface area contributed by atoms with E-state index in [4.69, 9.17) is 19.2 Å². The predicted octanol–water partition coefficient (Wildman–Crippen LogP) is 7.04. The molecular formula is C33H30F3NO5. The van der Waals surface area contributed by atoms with Gasteiger partial charge >= 0.3 is 12.1 Å². The largest absolute Gasteiger partial charge is 0.493 e. The third kappa shape index (κ3) is 5.82. The van der Waals surface area contributed by atoms with Crippen LogP contribution in [0.15, 0.2) is 89.1 Å². The highest BCUT2D eigenvalue weighted by atomic mass is 19.4. The molecule has 0 bridgehead atoms. The van der Waals surface area contributed by atoms with Crippen LogP contribution in [0.5, 0.6) is 11.5 Å². The van der Waals surface area contributed by atoms with Crippen molar-refractivity contribution in [2.45, 2.75) is 44.4 Å². The first-order valence-electron chi connectivity index (χ1n) is 13.5. The minimum atomic E-state index is -4.52. The Morgan fingerprint density at radius 1 is 0.905 bits per heavy atom. The van der Waals surface area contributed by atoms with Crippen LogP contribution in [0.2, 0.25) is 0 Å². The van der Waals surface area contributed by atoms with Crippen LogP contribution in [0.1, 0.15) is 53.9 Å². The van der Waals surface area contributed by atoms with Crippen LogP contribution in [0, 0.1) is 5.92 Å². The van der Waals surface area contributed by atoms with Gasteiger partial charge in [-0.25, -0.2) is 0 Å². The molecular weight excluding hydrogens is 547 g/mol. The van der Waals surface area contributed by atoms with Crippen molar-refractivity contribution in [2.75, 3.05) is 14.2 Å². The molecule has 218 valence electrons. The number of methoxy groups -OCH3 is 2. The topological polar surface area (TPSA) is 74.2 Å². The van der Waals surface area contributed by atoms with Crippen molar-refractivity contribution < 1.29 is 37.0 Å². The lowest BCUT2D eigenvalue weighted by molar-refractivity contribution is -0.148. The molecule has 1 unspecified atom stereocenters. The second-order valence-electron chi connectivity index (χ2n) is 10.4. The molecule has 0 spiro atoms. The Morgan fingerprint density at radius 2 is 1.57 bits per heavy atom. The lowest BCUT2D eigenvalue weighted by Gasteiger charge is -2.36. The third-order valence-corrected chi connectivity index (χ3v) is 7.84. The Labute approximate surface area is 241 Å². The summed E-state index contributed by atoms with van der Waals surface area (Å²) >= 11 is 0. The van der Waals surface area contributed by atoms with Gasteiger partial charge in [-0.3, -0.25) is 14.6 Å². The molecule has 0 saturated carbocycles. The standard InChI is InChI=1S/C33H30F3NO5/c1-19-29(32(39)42-18-20-7-5-4-6-8-20)30(21-9-12-24(13-10-21)33(34,35)36)31-25(37-19)15-23(16-26(31)38)22-11-14-27(40-2)28(17-22)41-3/h4-14,17,23,29-30H,15-16,18H2,1-3H3/t23-,29?,30+/m1/s1. The van der Waals surface area contributed by atoms with Crippen LogP contribution in [0.25, 0.3) is 0 Å². The molecule has 0 saturated heterocycles. The zero-order chi connectivity index (χ0) is 30.0. The summed E-state index contributed by atoms with van der Waals surface area (Å²) in [6.07, 6.45) is -3.96. The summed E-state index contributed by atoms with van der Waals surface area (Å²) in [5, 5.41) is 0. The van der Waals surface area contributed by atoms with Crippen LogP contribution in [-0.4, -0.2) is 31.7 Å². The maximum Gasteiger partial charge on any atom is 0.416 e. The fraction of sp³-hybridized carbons (Fsp3) is 0.303. The van der Waals surface area contributed by atoms with Crippen molar-refractivity contribution in [3.8, 4) is 11.5 Å². The van der Waals surface area contributed by atoms with E-state index in [1.54, 1.807) is 20.1 Å². The molecule has 3 aromatic rings. The lowest BCUT2D eigenvalue weighted by atomic mass is 9.69. The Balaban J connectivity index is 1.52. The minimum Gasteiger partial charge on any atom is -0.493 e. The number of halogens is 3. The number of aliphatic imine (C=N–C) groups is 1. The third-order valence-electron chi connectivity index (χ3n) is 7.84. The summed E-state index contributed by atoms with van der Waals surface area (Å²) < 4.78 is 56.5. The molecule has 6 nitrogen and oxygen atoms in total. The van der Waals surface area contributed by atoms with Gasteiger partial charge < -0.3 is 14.2 Å². The number of ether oxygens (including phenoxy) is 3. The van der Waals surface area contributed by atoms with Gasteiger partial charge in [0.2, 0.25) is 0 Å². The SMILES string of the molecule is COc1ccc([C@H]2CC(=O)C3=C(C2)N=C(C)C(C(=O)OCc2ccccc2)[C@@H]3c2ccc(C(F)(F)F)cc2)cc1OC. The van der Waals surface area contributed by atoms with Gasteiger partial charge in [0.05, 0.1) is 19.8 Å². The van der Waals surface area contributed by atoms with E-state index in [-0.39, 0.29) is 24.7 Å². The van der Waals surface area contributed by atoms with Crippen molar-refractivity contribution in [3.05, 3.63) is 106 Å². The molecule has 2 aliphatic rings. The second kappa shape index (κ2) is 11.8. The molecule has 9 heteroatoms. The smallest absolute Gasteiger partial charge is 0.416 e. The van der Waals surface area contributed by atoms with E-state index in [0.717, 1.165) is 23.3 Å². The summed E-state index contributed by atoms with van der Waals surface area (Å²) in [5.41, 5.74) is 2.58. The van der Waals surface area contributed by atoms with Gasteiger partial charge in [0.1, 0.15) is 12.5 Å². The highest BCUT2D eigenvalue weighted by Gasteiger charge is 2.45. The van der Waals surface area contributed by atoms with E-state index in [1.807, 2.05) is 42.5 Å². The average molecular weight is 578 g/mol.